The lowest BCUT2D eigenvalue weighted by Crippen LogP contribution is -2.42. The number of aliphatic hydroxyl groups excluding tert-OH is 1. The molecule has 0 aliphatic carbocycles. The van der Waals surface area contributed by atoms with Crippen LogP contribution in [0.2, 0.25) is 0 Å². The highest BCUT2D eigenvalue weighted by molar-refractivity contribution is 8.18. The predicted octanol–water partition coefficient (Wildman–Crippen LogP) is 4.78. The zero-order chi connectivity index (χ0) is 26.7. The molecule has 2 N–H and O–H groups in total. The first-order valence-corrected chi connectivity index (χ1v) is 13.0. The lowest BCUT2D eigenvalue weighted by atomic mass is 9.87. The average Bonchev–Trinajstić information content (AvgIpc) is 3.19. The molecule has 2 aromatic rings. The summed E-state index contributed by atoms with van der Waals surface area (Å²) in [5.74, 6) is 1.33. The van der Waals surface area contributed by atoms with E-state index in [0.29, 0.717) is 29.4 Å². The first-order valence-electron chi connectivity index (χ1n) is 12.2. The first kappa shape index (κ1) is 26.8. The SMILES string of the molecule is Cc1c(C)c2c(c(C)c1OC(=O)CCCO)CCC(C)(COc1ccc(/C=C3\SC(=O)NC3=O)cc1)O2. The molecular formula is C28H31NO7S. The van der Waals surface area contributed by atoms with Gasteiger partial charge < -0.3 is 19.3 Å². The van der Waals surface area contributed by atoms with E-state index in [4.69, 9.17) is 19.3 Å². The summed E-state index contributed by atoms with van der Waals surface area (Å²) >= 11 is 0.885. The minimum absolute atomic E-state index is 0.0487. The van der Waals surface area contributed by atoms with Gasteiger partial charge in [0, 0.05) is 18.6 Å². The molecule has 2 aliphatic heterocycles. The van der Waals surface area contributed by atoms with E-state index in [-0.39, 0.29) is 30.1 Å². The van der Waals surface area contributed by atoms with Gasteiger partial charge in [0.05, 0.1) is 4.91 Å². The van der Waals surface area contributed by atoms with Crippen molar-refractivity contribution in [2.24, 2.45) is 0 Å². The number of rotatable bonds is 8. The van der Waals surface area contributed by atoms with Crippen molar-refractivity contribution in [1.82, 2.24) is 5.32 Å². The van der Waals surface area contributed by atoms with Crippen LogP contribution in [-0.2, 0) is 16.0 Å². The Morgan fingerprint density at radius 3 is 2.54 bits per heavy atom. The largest absolute Gasteiger partial charge is 0.489 e. The minimum Gasteiger partial charge on any atom is -0.489 e. The fourth-order valence-corrected chi connectivity index (χ4v) is 5.08. The van der Waals surface area contributed by atoms with Gasteiger partial charge in [0.25, 0.3) is 11.1 Å². The first-order chi connectivity index (χ1) is 17.6. The Morgan fingerprint density at radius 1 is 1.16 bits per heavy atom. The molecule has 2 aromatic carbocycles. The van der Waals surface area contributed by atoms with Crippen molar-refractivity contribution in [2.75, 3.05) is 13.2 Å². The number of hydrogen-bond acceptors (Lipinski definition) is 8. The number of benzene rings is 2. The fourth-order valence-electron chi connectivity index (χ4n) is 4.39. The zero-order valence-electron chi connectivity index (χ0n) is 21.4. The van der Waals surface area contributed by atoms with Crippen molar-refractivity contribution in [2.45, 2.75) is 59.0 Å². The highest BCUT2D eigenvalue weighted by Gasteiger charge is 2.36. The van der Waals surface area contributed by atoms with Gasteiger partial charge in [-0.2, -0.15) is 0 Å². The van der Waals surface area contributed by atoms with Gasteiger partial charge in [0.1, 0.15) is 29.5 Å². The van der Waals surface area contributed by atoms with Crippen LogP contribution in [0.3, 0.4) is 0 Å². The van der Waals surface area contributed by atoms with Crippen molar-refractivity contribution in [3.63, 3.8) is 0 Å². The van der Waals surface area contributed by atoms with Gasteiger partial charge in [-0.3, -0.25) is 19.7 Å². The molecule has 1 unspecified atom stereocenters. The number of imide groups is 1. The van der Waals surface area contributed by atoms with Crippen LogP contribution in [0.25, 0.3) is 6.08 Å². The standard InChI is InChI=1S/C28H31NO7S/c1-16-17(2)25-21(18(3)24(16)35-23(31)6-5-13-30)11-12-28(4,36-25)15-34-20-9-7-19(8-10-20)14-22-26(32)29-27(33)37-22/h7-10,14,30H,5-6,11-13,15H2,1-4H3,(H,29,32,33)/b22-14-. The Hall–Kier alpha value is -3.30. The van der Waals surface area contributed by atoms with E-state index in [1.54, 1.807) is 6.08 Å². The lowest BCUT2D eigenvalue weighted by molar-refractivity contribution is -0.134. The summed E-state index contributed by atoms with van der Waals surface area (Å²) < 4.78 is 18.2. The van der Waals surface area contributed by atoms with Crippen molar-refractivity contribution < 1.29 is 33.7 Å². The summed E-state index contributed by atoms with van der Waals surface area (Å²) in [6.45, 7) is 8.15. The van der Waals surface area contributed by atoms with Crippen LogP contribution >= 0.6 is 11.8 Å². The molecule has 196 valence electrons. The summed E-state index contributed by atoms with van der Waals surface area (Å²) in [5.41, 5.74) is 3.98. The number of esters is 1. The number of ether oxygens (including phenoxy) is 3. The molecule has 37 heavy (non-hydrogen) atoms. The monoisotopic (exact) mass is 525 g/mol. The second-order valence-electron chi connectivity index (χ2n) is 9.57. The van der Waals surface area contributed by atoms with Crippen molar-refractivity contribution in [3.8, 4) is 17.2 Å². The predicted molar refractivity (Wildman–Crippen MR) is 141 cm³/mol. The Bertz CT molecular complexity index is 1270. The molecule has 9 heteroatoms. The van der Waals surface area contributed by atoms with E-state index in [9.17, 15) is 14.4 Å². The Labute approximate surface area is 220 Å². The van der Waals surface area contributed by atoms with E-state index in [1.807, 2.05) is 52.0 Å². The maximum atomic E-state index is 12.2. The lowest BCUT2D eigenvalue weighted by Gasteiger charge is -2.37. The molecule has 1 fully saturated rings. The molecule has 1 saturated heterocycles. The van der Waals surface area contributed by atoms with Gasteiger partial charge in [-0.25, -0.2) is 0 Å². The quantitative estimate of drug-likeness (QED) is 0.288. The molecule has 0 spiro atoms. The third-order valence-corrected chi connectivity index (χ3v) is 7.49. The fraction of sp³-hybridized carbons (Fsp3) is 0.393. The summed E-state index contributed by atoms with van der Waals surface area (Å²) in [6.07, 6.45) is 3.70. The highest BCUT2D eigenvalue weighted by atomic mass is 32.2. The number of carbonyl (C=O) groups excluding carboxylic acids is 3. The van der Waals surface area contributed by atoms with Crippen LogP contribution in [0.1, 0.15) is 54.0 Å². The Morgan fingerprint density at radius 2 is 1.89 bits per heavy atom. The second-order valence-corrected chi connectivity index (χ2v) is 10.6. The van der Waals surface area contributed by atoms with Gasteiger partial charge in [0.2, 0.25) is 0 Å². The molecule has 0 saturated carbocycles. The molecule has 0 bridgehead atoms. The van der Waals surface area contributed by atoms with Gasteiger partial charge >= 0.3 is 5.97 Å². The smallest absolute Gasteiger partial charge is 0.311 e. The number of thioether (sulfide) groups is 1. The van der Waals surface area contributed by atoms with E-state index in [1.165, 1.54) is 0 Å². The molecule has 2 heterocycles. The molecule has 4 rings (SSSR count). The molecule has 2 aliphatic rings. The number of carbonyl (C=O) groups is 3. The van der Waals surface area contributed by atoms with Crippen LogP contribution in [-0.4, -0.2) is 41.0 Å². The number of nitrogens with one attached hydrogen (secondary N) is 1. The van der Waals surface area contributed by atoms with Crippen LogP contribution in [0.5, 0.6) is 17.2 Å². The summed E-state index contributed by atoms with van der Waals surface area (Å²) in [7, 11) is 0. The summed E-state index contributed by atoms with van der Waals surface area (Å²) in [5, 5.41) is 10.9. The maximum absolute atomic E-state index is 12.2. The molecule has 2 amide bonds. The highest BCUT2D eigenvalue weighted by Crippen LogP contribution is 2.44. The van der Waals surface area contributed by atoms with Gasteiger partial charge in [-0.15, -0.1) is 0 Å². The summed E-state index contributed by atoms with van der Waals surface area (Å²) in [4.78, 5) is 35.6. The van der Waals surface area contributed by atoms with Gasteiger partial charge in [-0.1, -0.05) is 12.1 Å². The van der Waals surface area contributed by atoms with E-state index >= 15 is 0 Å². The van der Waals surface area contributed by atoms with E-state index in [0.717, 1.165) is 58.2 Å². The van der Waals surface area contributed by atoms with Crippen LogP contribution in [0.4, 0.5) is 4.79 Å². The second kappa shape index (κ2) is 11.0. The minimum atomic E-state index is -0.546. The van der Waals surface area contributed by atoms with Crippen molar-refractivity contribution >= 4 is 35.0 Å². The van der Waals surface area contributed by atoms with Crippen LogP contribution in [0, 0.1) is 20.8 Å². The third kappa shape index (κ3) is 5.99. The maximum Gasteiger partial charge on any atom is 0.311 e. The summed E-state index contributed by atoms with van der Waals surface area (Å²) in [6, 6.07) is 7.31. The van der Waals surface area contributed by atoms with Crippen LogP contribution < -0.4 is 19.5 Å². The molecule has 0 aromatic heterocycles. The molecule has 8 nitrogen and oxygen atoms in total. The van der Waals surface area contributed by atoms with Crippen LogP contribution in [0.15, 0.2) is 29.2 Å². The Balaban J connectivity index is 1.44. The number of hydrogen-bond donors (Lipinski definition) is 2. The Kier molecular flexibility index (Phi) is 7.94. The van der Waals surface area contributed by atoms with Crippen molar-refractivity contribution in [3.05, 3.63) is 57.0 Å². The third-order valence-electron chi connectivity index (χ3n) is 6.68. The normalized spacial score (nSPS) is 19.9. The topological polar surface area (TPSA) is 111 Å². The number of aliphatic hydroxyl groups is 1. The van der Waals surface area contributed by atoms with Gasteiger partial charge in [0.15, 0.2) is 0 Å². The molecular weight excluding hydrogens is 494 g/mol. The average molecular weight is 526 g/mol. The molecule has 0 radical (unpaired) electrons. The van der Waals surface area contributed by atoms with E-state index in [2.05, 4.69) is 5.32 Å². The molecule has 1 atom stereocenters. The van der Waals surface area contributed by atoms with Crippen molar-refractivity contribution in [1.29, 1.82) is 0 Å². The van der Waals surface area contributed by atoms with Gasteiger partial charge in [-0.05, 0) is 99.2 Å². The van der Waals surface area contributed by atoms with E-state index < -0.39 is 5.60 Å². The zero-order valence-corrected chi connectivity index (χ0v) is 22.3. The number of amides is 2. The number of fused-ring (bicyclic) bond motifs is 1.